The van der Waals surface area contributed by atoms with Crippen LogP contribution in [0.4, 0.5) is 5.69 Å². The van der Waals surface area contributed by atoms with E-state index in [-0.39, 0.29) is 0 Å². The van der Waals surface area contributed by atoms with Crippen LogP contribution < -0.4 is 4.48 Å². The highest BCUT2D eigenvalue weighted by Crippen LogP contribution is 2.35. The van der Waals surface area contributed by atoms with E-state index in [0.29, 0.717) is 10.2 Å². The van der Waals surface area contributed by atoms with Crippen molar-refractivity contribution in [3.05, 3.63) is 36.4 Å². The van der Waals surface area contributed by atoms with Crippen LogP contribution in [0.1, 0.15) is 0 Å². The lowest BCUT2D eigenvalue weighted by atomic mass is 10.1. The number of fused-ring (bicyclic) bond motifs is 1. The van der Waals surface area contributed by atoms with E-state index >= 15 is 0 Å². The molecule has 0 aromatic heterocycles. The predicted octanol–water partition coefficient (Wildman–Crippen LogP) is 2.74. The van der Waals surface area contributed by atoms with Crippen molar-refractivity contribution in [1.29, 1.82) is 0 Å². The Bertz CT molecular complexity index is 497. The second kappa shape index (κ2) is 3.24. The number of phenols is 1. The quantitative estimate of drug-likeness (QED) is 0.705. The van der Waals surface area contributed by atoms with Crippen LogP contribution in [0.15, 0.2) is 36.4 Å². The van der Waals surface area contributed by atoms with Gasteiger partial charge in [-0.3, -0.25) is 4.48 Å². The number of nitrogens with zero attached hydrogens (tertiary/aromatic N) is 1. The fraction of sp³-hybridized carbons (Fsp3) is 0.231. The SMILES string of the molecule is C[N+](C)(C)c1ccc2ccccc2c1O. The maximum atomic E-state index is 10.2. The summed E-state index contributed by atoms with van der Waals surface area (Å²) >= 11 is 0. The topological polar surface area (TPSA) is 20.2 Å². The summed E-state index contributed by atoms with van der Waals surface area (Å²) < 4.78 is 0.622. The van der Waals surface area contributed by atoms with Crippen LogP contribution in [-0.2, 0) is 0 Å². The van der Waals surface area contributed by atoms with Crippen LogP contribution in [0, 0.1) is 0 Å². The van der Waals surface area contributed by atoms with Gasteiger partial charge in [-0.15, -0.1) is 0 Å². The molecule has 2 aromatic rings. The van der Waals surface area contributed by atoms with Crippen molar-refractivity contribution in [1.82, 2.24) is 4.48 Å². The van der Waals surface area contributed by atoms with Crippen LogP contribution in [0.2, 0.25) is 0 Å². The molecule has 0 unspecified atom stereocenters. The largest absolute Gasteiger partial charge is 0.502 e. The van der Waals surface area contributed by atoms with E-state index in [1.165, 1.54) is 0 Å². The Kier molecular flexibility index (Phi) is 2.16. The van der Waals surface area contributed by atoms with E-state index in [1.807, 2.05) is 57.5 Å². The number of benzene rings is 2. The molecule has 0 aliphatic heterocycles. The predicted molar refractivity (Wildman–Crippen MR) is 65.2 cm³/mol. The average Bonchev–Trinajstić information content (AvgIpc) is 2.16. The standard InChI is InChI=1S/C13H15NO/c1-14(2,3)12-9-8-10-6-4-5-7-11(10)13(12)15/h4-9H,1-3H3/p+1. The minimum atomic E-state index is 0.389. The molecule has 2 heteroatoms. The highest BCUT2D eigenvalue weighted by atomic mass is 16.3. The third-order valence-electron chi connectivity index (χ3n) is 2.60. The molecule has 0 fully saturated rings. The molecule has 0 aliphatic rings. The monoisotopic (exact) mass is 202 g/mol. The summed E-state index contributed by atoms with van der Waals surface area (Å²) in [6.45, 7) is 0. The van der Waals surface area contributed by atoms with Gasteiger partial charge in [0.2, 0.25) is 0 Å². The first-order valence-electron chi connectivity index (χ1n) is 5.03. The lowest BCUT2D eigenvalue weighted by molar-refractivity contribution is 0.431. The smallest absolute Gasteiger partial charge is 0.185 e. The van der Waals surface area contributed by atoms with Gasteiger partial charge in [0.25, 0.3) is 0 Å². The van der Waals surface area contributed by atoms with E-state index in [9.17, 15) is 5.11 Å². The summed E-state index contributed by atoms with van der Waals surface area (Å²) in [6.07, 6.45) is 0. The van der Waals surface area contributed by atoms with E-state index in [2.05, 4.69) is 0 Å². The van der Waals surface area contributed by atoms with Gasteiger partial charge >= 0.3 is 0 Å². The minimum Gasteiger partial charge on any atom is -0.502 e. The van der Waals surface area contributed by atoms with E-state index in [0.717, 1.165) is 16.5 Å². The van der Waals surface area contributed by atoms with Crippen LogP contribution in [-0.4, -0.2) is 26.2 Å². The molecular weight excluding hydrogens is 186 g/mol. The number of rotatable bonds is 1. The molecule has 2 rings (SSSR count). The average molecular weight is 202 g/mol. The second-order valence-electron chi connectivity index (χ2n) is 4.67. The zero-order valence-corrected chi connectivity index (χ0v) is 9.36. The summed E-state index contributed by atoms with van der Waals surface area (Å²) in [5.74, 6) is 0.389. The van der Waals surface area contributed by atoms with Crippen molar-refractivity contribution in [3.63, 3.8) is 0 Å². The van der Waals surface area contributed by atoms with Crippen molar-refractivity contribution < 1.29 is 5.11 Å². The van der Waals surface area contributed by atoms with Crippen LogP contribution in [0.25, 0.3) is 10.8 Å². The van der Waals surface area contributed by atoms with Gasteiger partial charge in [0.1, 0.15) is 0 Å². The minimum absolute atomic E-state index is 0.389. The van der Waals surface area contributed by atoms with Crippen molar-refractivity contribution >= 4 is 16.5 Å². The van der Waals surface area contributed by atoms with Crippen molar-refractivity contribution in [3.8, 4) is 5.75 Å². The molecule has 0 saturated carbocycles. The molecule has 0 spiro atoms. The Morgan fingerprint density at radius 2 is 1.60 bits per heavy atom. The Labute approximate surface area is 90.0 Å². The van der Waals surface area contributed by atoms with Gasteiger partial charge in [0.05, 0.1) is 21.1 Å². The van der Waals surface area contributed by atoms with E-state index in [4.69, 9.17) is 0 Å². The summed E-state index contributed by atoms with van der Waals surface area (Å²) in [6, 6.07) is 11.9. The van der Waals surface area contributed by atoms with Gasteiger partial charge < -0.3 is 5.11 Å². The summed E-state index contributed by atoms with van der Waals surface area (Å²) in [4.78, 5) is 0. The molecule has 0 atom stereocenters. The summed E-state index contributed by atoms with van der Waals surface area (Å²) in [5.41, 5.74) is 0.939. The first-order chi connectivity index (χ1) is 7.00. The molecule has 15 heavy (non-hydrogen) atoms. The van der Waals surface area contributed by atoms with Gasteiger partial charge in [0.15, 0.2) is 11.4 Å². The molecule has 0 radical (unpaired) electrons. The zero-order valence-electron chi connectivity index (χ0n) is 9.36. The molecule has 0 saturated heterocycles. The van der Waals surface area contributed by atoms with Crippen LogP contribution in [0.5, 0.6) is 5.75 Å². The van der Waals surface area contributed by atoms with Gasteiger partial charge in [-0.2, -0.15) is 0 Å². The lowest BCUT2D eigenvalue weighted by Crippen LogP contribution is -2.34. The number of hydrogen-bond acceptors (Lipinski definition) is 1. The maximum Gasteiger partial charge on any atom is 0.185 e. The van der Waals surface area contributed by atoms with Gasteiger partial charge in [0, 0.05) is 11.5 Å². The molecular formula is C13H16NO+. The molecule has 0 amide bonds. The fourth-order valence-corrected chi connectivity index (χ4v) is 1.78. The van der Waals surface area contributed by atoms with Gasteiger partial charge in [-0.05, 0) is 11.5 Å². The van der Waals surface area contributed by atoms with Crippen LogP contribution in [0.3, 0.4) is 0 Å². The fourth-order valence-electron chi connectivity index (χ4n) is 1.78. The summed E-state index contributed by atoms with van der Waals surface area (Å²) in [5, 5.41) is 12.2. The molecule has 0 bridgehead atoms. The number of phenolic OH excluding ortho intramolecular Hbond substituents is 1. The Balaban J connectivity index is 2.76. The highest BCUT2D eigenvalue weighted by Gasteiger charge is 2.18. The highest BCUT2D eigenvalue weighted by molar-refractivity contribution is 5.92. The molecule has 2 aromatic carbocycles. The molecule has 78 valence electrons. The number of quaternary nitrogens is 1. The van der Waals surface area contributed by atoms with Crippen molar-refractivity contribution in [2.75, 3.05) is 21.1 Å². The third-order valence-corrected chi connectivity index (χ3v) is 2.60. The Hall–Kier alpha value is -1.54. The molecule has 2 nitrogen and oxygen atoms in total. The van der Waals surface area contributed by atoms with Crippen molar-refractivity contribution in [2.24, 2.45) is 0 Å². The maximum absolute atomic E-state index is 10.2. The normalized spacial score (nSPS) is 11.9. The lowest BCUT2D eigenvalue weighted by Gasteiger charge is -2.24. The summed E-state index contributed by atoms with van der Waals surface area (Å²) in [7, 11) is 6.14. The molecule has 0 heterocycles. The van der Waals surface area contributed by atoms with E-state index in [1.54, 1.807) is 0 Å². The number of hydrogen-bond donors (Lipinski definition) is 1. The van der Waals surface area contributed by atoms with Gasteiger partial charge in [-0.25, -0.2) is 0 Å². The number of aromatic hydroxyl groups is 1. The van der Waals surface area contributed by atoms with E-state index < -0.39 is 0 Å². The second-order valence-corrected chi connectivity index (χ2v) is 4.67. The Morgan fingerprint density at radius 1 is 0.933 bits per heavy atom. The van der Waals surface area contributed by atoms with Crippen molar-refractivity contribution in [2.45, 2.75) is 0 Å². The molecule has 0 aliphatic carbocycles. The Morgan fingerprint density at radius 3 is 2.27 bits per heavy atom. The molecule has 1 N–H and O–H groups in total. The van der Waals surface area contributed by atoms with Gasteiger partial charge in [-0.1, -0.05) is 24.3 Å². The zero-order chi connectivity index (χ0) is 11.1. The van der Waals surface area contributed by atoms with Crippen LogP contribution >= 0.6 is 0 Å². The first-order valence-corrected chi connectivity index (χ1v) is 5.03. The first kappa shape index (κ1) is 9.99. The third kappa shape index (κ3) is 1.68.